The Kier molecular flexibility index (Phi) is 15.8. The number of amides is 4. The first-order chi connectivity index (χ1) is 21.1. The number of carbonyl (C=O) groups excluding carboxylic acids is 4. The number of hydrazine groups is 2. The van der Waals surface area contributed by atoms with Gasteiger partial charge in [-0.3, -0.25) is 40.9 Å². The molecule has 242 valence electrons. The number of unbranched alkanes of at least 4 members (excludes halogenated alkanes) is 4. The highest BCUT2D eigenvalue weighted by Gasteiger charge is 2.27. The van der Waals surface area contributed by atoms with Crippen molar-refractivity contribution >= 4 is 23.6 Å². The van der Waals surface area contributed by atoms with E-state index in [2.05, 4.69) is 42.5 Å². The van der Waals surface area contributed by atoms with Crippen LogP contribution in [0.3, 0.4) is 0 Å². The Hall–Kier alpha value is -4.08. The molecule has 4 amide bonds. The fourth-order valence-corrected chi connectivity index (χ4v) is 4.99. The van der Waals surface area contributed by atoms with Crippen molar-refractivity contribution in [1.29, 1.82) is 0 Å². The molecule has 2 aromatic carbocycles. The number of hydrogen-bond donors (Lipinski definition) is 6. The summed E-state index contributed by atoms with van der Waals surface area (Å²) in [5, 5.41) is 20.7. The van der Waals surface area contributed by atoms with E-state index in [4.69, 9.17) is 0 Å². The number of phenols is 2. The molecule has 0 aliphatic carbocycles. The second-order valence-corrected chi connectivity index (χ2v) is 11.3. The van der Waals surface area contributed by atoms with Gasteiger partial charge in [-0.15, -0.1) is 0 Å². The van der Waals surface area contributed by atoms with Gasteiger partial charge in [0.15, 0.2) is 0 Å². The Morgan fingerprint density at radius 1 is 0.614 bits per heavy atom. The number of nitrogens with one attached hydrogen (secondary N) is 4. The van der Waals surface area contributed by atoms with Crippen molar-refractivity contribution in [3.8, 4) is 11.5 Å². The second kappa shape index (κ2) is 19.2. The predicted molar refractivity (Wildman–Crippen MR) is 171 cm³/mol. The second-order valence-electron chi connectivity index (χ2n) is 11.3. The monoisotopic (exact) mass is 610 g/mol. The van der Waals surface area contributed by atoms with E-state index in [-0.39, 0.29) is 29.0 Å². The first-order valence-electron chi connectivity index (χ1n) is 16.0. The average molecular weight is 611 g/mol. The molecule has 0 heterocycles. The molecule has 0 spiro atoms. The maximum atomic E-state index is 13.2. The van der Waals surface area contributed by atoms with Crippen LogP contribution in [-0.4, -0.2) is 33.8 Å². The maximum Gasteiger partial charge on any atom is 0.273 e. The molecular formula is C34H50N4O6. The maximum absolute atomic E-state index is 13.2. The highest BCUT2D eigenvalue weighted by atomic mass is 16.3. The van der Waals surface area contributed by atoms with Crippen molar-refractivity contribution in [2.24, 2.45) is 11.8 Å². The SMILES string of the molecule is CCCCCC(CC(CC)C(=O)NNC(=O)c1ccc(CCCC)cc1O)C(=O)NNC(=O)c1ccc(CCCC)cc1O. The number of aromatic hydroxyl groups is 2. The number of rotatable bonds is 17. The van der Waals surface area contributed by atoms with Gasteiger partial charge in [0.25, 0.3) is 11.8 Å². The van der Waals surface area contributed by atoms with Gasteiger partial charge in [-0.2, -0.15) is 0 Å². The third-order valence-corrected chi connectivity index (χ3v) is 7.81. The smallest absolute Gasteiger partial charge is 0.273 e. The lowest BCUT2D eigenvalue weighted by Gasteiger charge is -2.22. The molecule has 2 aromatic rings. The Morgan fingerprint density at radius 3 is 1.48 bits per heavy atom. The summed E-state index contributed by atoms with van der Waals surface area (Å²) in [6.45, 7) is 8.03. The van der Waals surface area contributed by atoms with Gasteiger partial charge in [-0.25, -0.2) is 0 Å². The van der Waals surface area contributed by atoms with Gasteiger partial charge in [0.2, 0.25) is 11.8 Å². The number of benzene rings is 2. The Bertz CT molecular complexity index is 1250. The van der Waals surface area contributed by atoms with Crippen molar-refractivity contribution in [1.82, 2.24) is 21.7 Å². The minimum Gasteiger partial charge on any atom is -0.507 e. The standard InChI is InChI=1S/C34H50N4O6/c1-5-9-12-15-26(32(42)36-38-34(44)28-19-17-24(14-11-7-3)21-30(28)40)22-25(8-4)31(41)35-37-33(43)27-18-16-23(13-10-6-2)20-29(27)39/h16-21,25-26,39-40H,5-15,22H2,1-4H3,(H,35,41)(H,36,42)(H,37,43)(H,38,44). The van der Waals surface area contributed by atoms with Crippen LogP contribution in [0.4, 0.5) is 0 Å². The fraction of sp³-hybridized carbons (Fsp3) is 0.529. The van der Waals surface area contributed by atoms with Crippen LogP contribution in [-0.2, 0) is 22.4 Å². The summed E-state index contributed by atoms with van der Waals surface area (Å²) in [5.74, 6) is -3.65. The van der Waals surface area contributed by atoms with Crippen molar-refractivity contribution in [3.05, 3.63) is 58.7 Å². The molecule has 2 rings (SSSR count). The molecule has 0 aliphatic rings. The van der Waals surface area contributed by atoms with Crippen molar-refractivity contribution in [2.45, 2.75) is 105 Å². The van der Waals surface area contributed by atoms with E-state index in [0.717, 1.165) is 68.9 Å². The van der Waals surface area contributed by atoms with E-state index in [1.54, 1.807) is 24.3 Å². The van der Waals surface area contributed by atoms with Gasteiger partial charge in [-0.05, 0) is 80.3 Å². The molecule has 10 nitrogen and oxygen atoms in total. The summed E-state index contributed by atoms with van der Waals surface area (Å²) < 4.78 is 0. The third-order valence-electron chi connectivity index (χ3n) is 7.81. The van der Waals surface area contributed by atoms with Crippen LogP contribution in [0.15, 0.2) is 36.4 Å². The normalized spacial score (nSPS) is 12.2. The fourth-order valence-electron chi connectivity index (χ4n) is 4.99. The van der Waals surface area contributed by atoms with E-state index in [9.17, 15) is 29.4 Å². The van der Waals surface area contributed by atoms with Crippen LogP contribution in [0.25, 0.3) is 0 Å². The van der Waals surface area contributed by atoms with Gasteiger partial charge in [-0.1, -0.05) is 71.9 Å². The van der Waals surface area contributed by atoms with Gasteiger partial charge >= 0.3 is 0 Å². The highest BCUT2D eigenvalue weighted by Crippen LogP contribution is 2.24. The third kappa shape index (κ3) is 11.5. The molecule has 0 fully saturated rings. The molecule has 0 saturated carbocycles. The number of phenolic OH excluding ortho intramolecular Hbond substituents is 2. The molecule has 2 atom stereocenters. The minimum atomic E-state index is -0.644. The molecule has 0 aromatic heterocycles. The molecule has 0 bridgehead atoms. The molecular weight excluding hydrogens is 560 g/mol. The molecule has 44 heavy (non-hydrogen) atoms. The van der Waals surface area contributed by atoms with E-state index in [0.29, 0.717) is 12.8 Å². The summed E-state index contributed by atoms with van der Waals surface area (Å²) in [6, 6.07) is 9.75. The van der Waals surface area contributed by atoms with E-state index >= 15 is 0 Å². The lowest BCUT2D eigenvalue weighted by atomic mass is 9.88. The topological polar surface area (TPSA) is 157 Å². The van der Waals surface area contributed by atoms with Crippen molar-refractivity contribution < 1.29 is 29.4 Å². The molecule has 0 radical (unpaired) electrons. The Morgan fingerprint density at radius 2 is 1.07 bits per heavy atom. The van der Waals surface area contributed by atoms with Gasteiger partial charge < -0.3 is 10.2 Å². The first-order valence-corrected chi connectivity index (χ1v) is 16.0. The summed E-state index contributed by atoms with van der Waals surface area (Å²) in [7, 11) is 0. The van der Waals surface area contributed by atoms with Crippen LogP contribution < -0.4 is 21.7 Å². The zero-order chi connectivity index (χ0) is 32.5. The Balaban J connectivity index is 2.00. The van der Waals surface area contributed by atoms with Crippen LogP contribution in [0, 0.1) is 11.8 Å². The van der Waals surface area contributed by atoms with Crippen LogP contribution in [0.2, 0.25) is 0 Å². The van der Waals surface area contributed by atoms with Crippen molar-refractivity contribution in [3.63, 3.8) is 0 Å². The summed E-state index contributed by atoms with van der Waals surface area (Å²) in [5.41, 5.74) is 11.6. The zero-order valence-corrected chi connectivity index (χ0v) is 26.6. The molecule has 10 heteroatoms. The molecule has 2 unspecified atom stereocenters. The lowest BCUT2D eigenvalue weighted by molar-refractivity contribution is -0.129. The number of aryl methyl sites for hydroxylation is 2. The van der Waals surface area contributed by atoms with E-state index < -0.39 is 35.5 Å². The number of hydrogen-bond acceptors (Lipinski definition) is 6. The van der Waals surface area contributed by atoms with Crippen LogP contribution in [0.5, 0.6) is 11.5 Å². The largest absolute Gasteiger partial charge is 0.507 e. The Labute approximate surface area is 261 Å². The quantitative estimate of drug-likeness (QED) is 0.101. The summed E-state index contributed by atoms with van der Waals surface area (Å²) in [6.07, 6.45) is 9.34. The number of carbonyl (C=O) groups is 4. The molecule has 0 saturated heterocycles. The molecule has 6 N–H and O–H groups in total. The summed E-state index contributed by atoms with van der Waals surface area (Å²) in [4.78, 5) is 51.6. The van der Waals surface area contributed by atoms with Gasteiger partial charge in [0.05, 0.1) is 11.1 Å². The van der Waals surface area contributed by atoms with E-state index in [1.165, 1.54) is 12.1 Å². The molecule has 0 aliphatic heterocycles. The van der Waals surface area contributed by atoms with Crippen LogP contribution in [0.1, 0.15) is 124 Å². The van der Waals surface area contributed by atoms with Gasteiger partial charge in [0.1, 0.15) is 11.5 Å². The minimum absolute atomic E-state index is 0.0489. The van der Waals surface area contributed by atoms with Crippen LogP contribution >= 0.6 is 0 Å². The van der Waals surface area contributed by atoms with E-state index in [1.807, 2.05) is 6.92 Å². The van der Waals surface area contributed by atoms with Crippen molar-refractivity contribution in [2.75, 3.05) is 0 Å². The average Bonchev–Trinajstić information content (AvgIpc) is 3.01. The lowest BCUT2D eigenvalue weighted by Crippen LogP contribution is -2.47. The first kappa shape index (κ1) is 36.1. The predicted octanol–water partition coefficient (Wildman–Crippen LogP) is 5.62. The zero-order valence-electron chi connectivity index (χ0n) is 26.6. The summed E-state index contributed by atoms with van der Waals surface area (Å²) >= 11 is 0. The highest BCUT2D eigenvalue weighted by molar-refractivity contribution is 5.98. The van der Waals surface area contributed by atoms with Gasteiger partial charge in [0, 0.05) is 11.8 Å².